The maximum absolute atomic E-state index is 11.9. The average molecular weight is 266 g/mol. The van der Waals surface area contributed by atoms with E-state index >= 15 is 0 Å². The summed E-state index contributed by atoms with van der Waals surface area (Å²) >= 11 is 0. The van der Waals surface area contributed by atoms with Crippen LogP contribution in [0.5, 0.6) is 0 Å². The minimum Gasteiger partial charge on any atom is -0.383 e. The summed E-state index contributed by atoms with van der Waals surface area (Å²) < 4.78 is 10.2. The van der Waals surface area contributed by atoms with Crippen molar-refractivity contribution < 1.29 is 14.3 Å². The molecular formula is C12H18N4O3. The van der Waals surface area contributed by atoms with Gasteiger partial charge < -0.3 is 19.7 Å². The molecule has 7 nitrogen and oxygen atoms in total. The first-order valence-corrected chi connectivity index (χ1v) is 6.23. The van der Waals surface area contributed by atoms with Crippen LogP contribution in [0.3, 0.4) is 0 Å². The van der Waals surface area contributed by atoms with Crippen molar-refractivity contribution in [3.05, 3.63) is 18.1 Å². The highest BCUT2D eigenvalue weighted by Gasteiger charge is 2.15. The highest BCUT2D eigenvalue weighted by atomic mass is 16.5. The second-order valence-electron chi connectivity index (χ2n) is 4.11. The molecule has 0 radical (unpaired) electrons. The van der Waals surface area contributed by atoms with Crippen molar-refractivity contribution in [1.82, 2.24) is 15.3 Å². The first kappa shape index (κ1) is 13.7. The SMILES string of the molecule is COCCNC(=O)c1cc(N2CCOCC2)ncn1. The Bertz CT molecular complexity index is 421. The van der Waals surface area contributed by atoms with Gasteiger partial charge >= 0.3 is 0 Å². The predicted molar refractivity (Wildman–Crippen MR) is 69.3 cm³/mol. The average Bonchev–Trinajstić information content (AvgIpc) is 2.48. The fourth-order valence-corrected chi connectivity index (χ4v) is 1.79. The molecule has 104 valence electrons. The summed E-state index contributed by atoms with van der Waals surface area (Å²) in [4.78, 5) is 22.1. The molecule has 0 aromatic carbocycles. The van der Waals surface area contributed by atoms with Crippen LogP contribution in [0.15, 0.2) is 12.4 Å². The smallest absolute Gasteiger partial charge is 0.270 e. The molecule has 1 fully saturated rings. The molecule has 1 aliphatic heterocycles. The molecule has 1 aliphatic rings. The summed E-state index contributed by atoms with van der Waals surface area (Å²) in [5, 5.41) is 2.73. The van der Waals surface area contributed by atoms with Crippen LogP contribution in [-0.2, 0) is 9.47 Å². The standard InChI is InChI=1S/C12H18N4O3/c1-18-5-2-13-12(17)10-8-11(15-9-14-10)16-3-6-19-7-4-16/h8-9H,2-7H2,1H3,(H,13,17). The second kappa shape index (κ2) is 7.01. The van der Waals surface area contributed by atoms with Crippen LogP contribution >= 0.6 is 0 Å². The number of nitrogens with zero attached hydrogens (tertiary/aromatic N) is 3. The van der Waals surface area contributed by atoms with Gasteiger partial charge in [0.2, 0.25) is 0 Å². The summed E-state index contributed by atoms with van der Waals surface area (Å²) in [6, 6.07) is 1.70. The Kier molecular flexibility index (Phi) is 5.05. The van der Waals surface area contributed by atoms with Crippen molar-refractivity contribution in [3.63, 3.8) is 0 Å². The quantitative estimate of drug-likeness (QED) is 0.737. The Morgan fingerprint density at radius 3 is 3.00 bits per heavy atom. The van der Waals surface area contributed by atoms with Crippen LogP contribution in [0.2, 0.25) is 0 Å². The molecule has 1 amide bonds. The summed E-state index contributed by atoms with van der Waals surface area (Å²) in [5.41, 5.74) is 0.368. The predicted octanol–water partition coefficient (Wildman–Crippen LogP) is -0.311. The van der Waals surface area contributed by atoms with Crippen molar-refractivity contribution in [3.8, 4) is 0 Å². The number of amides is 1. The lowest BCUT2D eigenvalue weighted by molar-refractivity contribution is 0.0932. The second-order valence-corrected chi connectivity index (χ2v) is 4.11. The number of anilines is 1. The van der Waals surface area contributed by atoms with E-state index in [1.807, 2.05) is 0 Å². The number of carbonyl (C=O) groups is 1. The third kappa shape index (κ3) is 3.87. The number of carbonyl (C=O) groups excluding carboxylic acids is 1. The van der Waals surface area contributed by atoms with E-state index < -0.39 is 0 Å². The van der Waals surface area contributed by atoms with Gasteiger partial charge in [0.1, 0.15) is 17.8 Å². The topological polar surface area (TPSA) is 76.6 Å². The van der Waals surface area contributed by atoms with Crippen LogP contribution in [-0.4, -0.2) is 62.4 Å². The van der Waals surface area contributed by atoms with Crippen LogP contribution in [0.4, 0.5) is 5.82 Å². The van der Waals surface area contributed by atoms with Gasteiger partial charge in [-0.25, -0.2) is 9.97 Å². The zero-order chi connectivity index (χ0) is 13.5. The van der Waals surface area contributed by atoms with E-state index in [4.69, 9.17) is 9.47 Å². The zero-order valence-corrected chi connectivity index (χ0v) is 11.0. The molecule has 19 heavy (non-hydrogen) atoms. The summed E-state index contributed by atoms with van der Waals surface area (Å²) in [7, 11) is 1.59. The van der Waals surface area contributed by atoms with Crippen molar-refractivity contribution in [2.75, 3.05) is 51.5 Å². The van der Waals surface area contributed by atoms with Crippen molar-refractivity contribution in [2.45, 2.75) is 0 Å². The van der Waals surface area contributed by atoms with Crippen LogP contribution in [0.25, 0.3) is 0 Å². The molecule has 0 atom stereocenters. The zero-order valence-electron chi connectivity index (χ0n) is 11.0. The minimum absolute atomic E-state index is 0.214. The lowest BCUT2D eigenvalue weighted by Crippen LogP contribution is -2.37. The molecule has 0 aliphatic carbocycles. The molecule has 0 bridgehead atoms. The number of ether oxygens (including phenoxy) is 2. The molecule has 1 aromatic heterocycles. The maximum Gasteiger partial charge on any atom is 0.270 e. The van der Waals surface area contributed by atoms with Gasteiger partial charge in [0.15, 0.2) is 0 Å². The van der Waals surface area contributed by atoms with E-state index in [0.29, 0.717) is 32.1 Å². The molecule has 1 saturated heterocycles. The van der Waals surface area contributed by atoms with Gasteiger partial charge in [0.25, 0.3) is 5.91 Å². The van der Waals surface area contributed by atoms with Crippen LogP contribution in [0, 0.1) is 0 Å². The van der Waals surface area contributed by atoms with Gasteiger partial charge in [-0.1, -0.05) is 0 Å². The van der Waals surface area contributed by atoms with Crippen molar-refractivity contribution in [2.24, 2.45) is 0 Å². The number of hydrogen-bond donors (Lipinski definition) is 1. The molecule has 2 heterocycles. The maximum atomic E-state index is 11.9. The van der Waals surface area contributed by atoms with Crippen LogP contribution < -0.4 is 10.2 Å². The van der Waals surface area contributed by atoms with E-state index in [1.54, 1.807) is 13.2 Å². The van der Waals surface area contributed by atoms with Gasteiger partial charge in [-0.15, -0.1) is 0 Å². The van der Waals surface area contributed by atoms with Gasteiger partial charge in [-0.2, -0.15) is 0 Å². The Balaban J connectivity index is 1.99. The summed E-state index contributed by atoms with van der Waals surface area (Å²) in [6.07, 6.45) is 1.41. The summed E-state index contributed by atoms with van der Waals surface area (Å²) in [5.74, 6) is 0.546. The Hall–Kier alpha value is -1.73. The van der Waals surface area contributed by atoms with Gasteiger partial charge in [0.05, 0.1) is 19.8 Å². The largest absolute Gasteiger partial charge is 0.383 e. The van der Waals surface area contributed by atoms with Gasteiger partial charge in [-0.3, -0.25) is 4.79 Å². The minimum atomic E-state index is -0.214. The Morgan fingerprint density at radius 2 is 2.26 bits per heavy atom. The number of aromatic nitrogens is 2. The molecular weight excluding hydrogens is 248 g/mol. The fourth-order valence-electron chi connectivity index (χ4n) is 1.79. The van der Waals surface area contributed by atoms with Crippen LogP contribution in [0.1, 0.15) is 10.5 Å². The Morgan fingerprint density at radius 1 is 1.47 bits per heavy atom. The highest BCUT2D eigenvalue weighted by Crippen LogP contribution is 2.12. The Labute approximate surface area is 111 Å². The third-order valence-electron chi connectivity index (χ3n) is 2.81. The lowest BCUT2D eigenvalue weighted by Gasteiger charge is -2.27. The summed E-state index contributed by atoms with van der Waals surface area (Å²) in [6.45, 7) is 3.86. The molecule has 1 aromatic rings. The number of morpholine rings is 1. The first-order chi connectivity index (χ1) is 9.31. The number of methoxy groups -OCH3 is 1. The van der Waals surface area contributed by atoms with Gasteiger partial charge in [-0.05, 0) is 0 Å². The molecule has 1 N–H and O–H groups in total. The van der Waals surface area contributed by atoms with Crippen molar-refractivity contribution >= 4 is 11.7 Å². The van der Waals surface area contributed by atoms with E-state index in [-0.39, 0.29) is 5.91 Å². The van der Waals surface area contributed by atoms with E-state index in [1.165, 1.54) is 6.33 Å². The lowest BCUT2D eigenvalue weighted by atomic mass is 10.3. The monoisotopic (exact) mass is 266 g/mol. The number of rotatable bonds is 5. The number of nitrogens with one attached hydrogen (secondary N) is 1. The van der Waals surface area contributed by atoms with E-state index in [9.17, 15) is 4.79 Å². The first-order valence-electron chi connectivity index (χ1n) is 6.23. The van der Waals surface area contributed by atoms with Crippen molar-refractivity contribution in [1.29, 1.82) is 0 Å². The van der Waals surface area contributed by atoms with E-state index in [2.05, 4.69) is 20.2 Å². The highest BCUT2D eigenvalue weighted by molar-refractivity contribution is 5.92. The molecule has 0 spiro atoms. The molecule has 0 unspecified atom stereocenters. The normalized spacial score (nSPS) is 15.3. The van der Waals surface area contributed by atoms with E-state index in [0.717, 1.165) is 18.9 Å². The number of hydrogen-bond acceptors (Lipinski definition) is 6. The molecule has 2 rings (SSSR count). The molecule has 7 heteroatoms. The third-order valence-corrected chi connectivity index (χ3v) is 2.81. The molecule has 0 saturated carbocycles. The fraction of sp³-hybridized carbons (Fsp3) is 0.583. The van der Waals surface area contributed by atoms with Gasteiger partial charge in [0, 0.05) is 32.8 Å².